The van der Waals surface area contributed by atoms with Crippen molar-refractivity contribution in [2.24, 2.45) is 5.92 Å². The lowest BCUT2D eigenvalue weighted by Crippen LogP contribution is -2.57. The van der Waals surface area contributed by atoms with Crippen LogP contribution >= 0.6 is 23.7 Å². The summed E-state index contributed by atoms with van der Waals surface area (Å²) in [4.78, 5) is 28.6. The van der Waals surface area contributed by atoms with Crippen LogP contribution in [0.5, 0.6) is 0 Å². The maximum absolute atomic E-state index is 13.1. The van der Waals surface area contributed by atoms with Gasteiger partial charge >= 0.3 is 0 Å². The summed E-state index contributed by atoms with van der Waals surface area (Å²) < 4.78 is 5.99. The number of benzene rings is 2. The molecule has 2 aromatic carbocycles. The van der Waals surface area contributed by atoms with Gasteiger partial charge in [-0.05, 0) is 66.6 Å². The molecule has 3 saturated heterocycles. The van der Waals surface area contributed by atoms with Gasteiger partial charge in [-0.1, -0.05) is 35.5 Å². The summed E-state index contributed by atoms with van der Waals surface area (Å²) in [6.45, 7) is 3.27. The molecule has 3 aliphatic heterocycles. The minimum absolute atomic E-state index is 0. The largest absolute Gasteiger partial charge is 0.351 e. The fraction of sp³-hybridized carbons (Fsp3) is 0.269. The number of carbonyl (C=O) groups excluding carboxylic acids is 2. The molecule has 35 heavy (non-hydrogen) atoms. The Balaban J connectivity index is 0.00000253. The molecule has 5 heterocycles. The lowest BCUT2D eigenvalue weighted by atomic mass is 9.84. The second-order valence-corrected chi connectivity index (χ2v) is 10.0. The topological polar surface area (TPSA) is 87.5 Å². The van der Waals surface area contributed by atoms with E-state index in [0.717, 1.165) is 45.7 Å². The fourth-order valence-electron chi connectivity index (χ4n) is 5.06. The van der Waals surface area contributed by atoms with Crippen LogP contribution in [0, 0.1) is 5.92 Å². The van der Waals surface area contributed by atoms with Gasteiger partial charge < -0.3 is 20.1 Å². The smallest absolute Gasteiger partial charge is 0.294 e. The van der Waals surface area contributed by atoms with Crippen molar-refractivity contribution in [2.45, 2.75) is 18.9 Å². The van der Waals surface area contributed by atoms with Crippen LogP contribution in [0.2, 0.25) is 0 Å². The molecule has 2 amide bonds. The number of amides is 2. The number of hydrogen-bond acceptors (Lipinski definition) is 6. The molecule has 3 aliphatic rings. The van der Waals surface area contributed by atoms with E-state index in [9.17, 15) is 9.59 Å². The monoisotopic (exact) mass is 508 g/mol. The minimum Gasteiger partial charge on any atom is -0.351 e. The number of nitrogens with one attached hydrogen (secondary N) is 2. The van der Waals surface area contributed by atoms with Crippen LogP contribution in [-0.2, 0) is 0 Å². The first kappa shape index (κ1) is 23.5. The zero-order valence-corrected chi connectivity index (χ0v) is 20.5. The Morgan fingerprint density at radius 2 is 1.86 bits per heavy atom. The molecule has 0 saturated carbocycles. The second-order valence-electron chi connectivity index (χ2n) is 8.96. The van der Waals surface area contributed by atoms with Gasteiger partial charge in [-0.15, -0.1) is 23.7 Å². The molecule has 0 spiro atoms. The van der Waals surface area contributed by atoms with Crippen molar-refractivity contribution in [3.8, 4) is 11.1 Å². The molecule has 2 N–H and O–H groups in total. The van der Waals surface area contributed by atoms with Crippen LogP contribution < -0.4 is 10.6 Å². The molecule has 9 heteroatoms. The van der Waals surface area contributed by atoms with Crippen LogP contribution in [-0.4, -0.2) is 47.5 Å². The number of rotatable bonds is 5. The lowest BCUT2D eigenvalue weighted by molar-refractivity contribution is 0.0622. The number of piperidine rings is 3. The molecule has 3 fully saturated rings. The number of aromatic nitrogens is 1. The van der Waals surface area contributed by atoms with Gasteiger partial charge in [-0.25, -0.2) is 0 Å². The maximum atomic E-state index is 13.1. The third kappa shape index (κ3) is 4.69. The number of anilines is 1. The second kappa shape index (κ2) is 9.81. The maximum Gasteiger partial charge on any atom is 0.294 e. The number of halogens is 1. The first-order valence-corrected chi connectivity index (χ1v) is 12.3. The average molecular weight is 509 g/mol. The molecule has 0 aliphatic carbocycles. The summed E-state index contributed by atoms with van der Waals surface area (Å²) in [5, 5.41) is 10.8. The zero-order chi connectivity index (χ0) is 23.1. The van der Waals surface area contributed by atoms with E-state index in [2.05, 4.69) is 20.7 Å². The summed E-state index contributed by atoms with van der Waals surface area (Å²) in [5.74, 6) is 0.410. The van der Waals surface area contributed by atoms with Crippen LogP contribution in [0.25, 0.3) is 21.2 Å². The van der Waals surface area contributed by atoms with E-state index in [-0.39, 0.29) is 36.0 Å². The van der Waals surface area contributed by atoms with Gasteiger partial charge in [0.2, 0.25) is 5.76 Å². The van der Waals surface area contributed by atoms with Crippen molar-refractivity contribution in [1.82, 2.24) is 15.4 Å². The Bertz CT molecular complexity index is 1360. The molecule has 2 aromatic heterocycles. The van der Waals surface area contributed by atoms with Crippen molar-refractivity contribution >= 4 is 51.3 Å². The number of thiophene rings is 1. The minimum atomic E-state index is -0.351. The van der Waals surface area contributed by atoms with Gasteiger partial charge in [-0.3, -0.25) is 9.59 Å². The Labute approximate surface area is 212 Å². The summed E-state index contributed by atoms with van der Waals surface area (Å²) in [5.41, 5.74) is 2.65. The predicted molar refractivity (Wildman–Crippen MR) is 139 cm³/mol. The van der Waals surface area contributed by atoms with Gasteiger partial charge in [0.05, 0.1) is 11.1 Å². The molecular formula is C26H25ClN4O3S. The Hall–Kier alpha value is -3.20. The SMILES string of the molecule is Cl.O=C(Nc1cccc(-c2cccc3cc(C(=O)N[C@H]4CN5CCC4CC5)sc23)c1)c1ccno1. The van der Waals surface area contributed by atoms with Crippen LogP contribution in [0.4, 0.5) is 5.69 Å². The Kier molecular flexibility index (Phi) is 6.60. The van der Waals surface area contributed by atoms with Crippen molar-refractivity contribution in [2.75, 3.05) is 25.0 Å². The highest BCUT2D eigenvalue weighted by atomic mass is 35.5. The average Bonchev–Trinajstić information content (AvgIpc) is 3.55. The molecule has 7 nitrogen and oxygen atoms in total. The van der Waals surface area contributed by atoms with E-state index in [0.29, 0.717) is 11.6 Å². The predicted octanol–water partition coefficient (Wildman–Crippen LogP) is 5.05. The summed E-state index contributed by atoms with van der Waals surface area (Å²) in [7, 11) is 0. The molecule has 0 unspecified atom stereocenters. The molecular weight excluding hydrogens is 484 g/mol. The highest BCUT2D eigenvalue weighted by Gasteiger charge is 2.35. The first-order valence-electron chi connectivity index (χ1n) is 11.5. The summed E-state index contributed by atoms with van der Waals surface area (Å²) >= 11 is 1.52. The van der Waals surface area contributed by atoms with E-state index in [4.69, 9.17) is 4.52 Å². The molecule has 0 radical (unpaired) electrons. The van der Waals surface area contributed by atoms with Gasteiger partial charge in [-0.2, -0.15) is 0 Å². The number of hydrogen-bond donors (Lipinski definition) is 2. The number of nitrogens with zero attached hydrogens (tertiary/aromatic N) is 2. The molecule has 180 valence electrons. The quantitative estimate of drug-likeness (QED) is 0.393. The summed E-state index contributed by atoms with van der Waals surface area (Å²) in [6, 6.07) is 17.5. The highest BCUT2D eigenvalue weighted by molar-refractivity contribution is 7.21. The van der Waals surface area contributed by atoms with E-state index >= 15 is 0 Å². The van der Waals surface area contributed by atoms with E-state index < -0.39 is 0 Å². The van der Waals surface area contributed by atoms with Crippen molar-refractivity contribution in [3.63, 3.8) is 0 Å². The van der Waals surface area contributed by atoms with E-state index in [1.807, 2.05) is 48.5 Å². The Morgan fingerprint density at radius 1 is 1.03 bits per heavy atom. The Morgan fingerprint density at radius 3 is 2.60 bits per heavy atom. The molecule has 1 atom stereocenters. The number of fused-ring (bicyclic) bond motifs is 4. The van der Waals surface area contributed by atoms with E-state index in [1.54, 1.807) is 0 Å². The van der Waals surface area contributed by atoms with Gasteiger partial charge in [0.25, 0.3) is 11.8 Å². The van der Waals surface area contributed by atoms with Crippen molar-refractivity contribution < 1.29 is 14.1 Å². The fourth-order valence-corrected chi connectivity index (χ4v) is 6.16. The van der Waals surface area contributed by atoms with Crippen molar-refractivity contribution in [1.29, 1.82) is 0 Å². The summed E-state index contributed by atoms with van der Waals surface area (Å²) in [6.07, 6.45) is 3.78. The standard InChI is InChI=1S/C26H24N4O3S.ClH/c31-25(22-7-10-27-33-22)28-19-5-1-3-17(13-19)20-6-2-4-18-14-23(34-24(18)20)26(32)29-21-15-30-11-8-16(21)9-12-30;/h1-7,10,13-14,16,21H,8-9,11-12,15H2,(H,28,31)(H,29,32);1H/t21-;/m0./s1. The van der Waals surface area contributed by atoms with Crippen molar-refractivity contribution in [3.05, 3.63) is 71.4 Å². The molecule has 7 rings (SSSR count). The van der Waals surface area contributed by atoms with Gasteiger partial charge in [0, 0.05) is 29.0 Å². The van der Waals surface area contributed by atoms with Crippen LogP contribution in [0.1, 0.15) is 33.1 Å². The first-order chi connectivity index (χ1) is 16.6. The third-order valence-corrected chi connectivity index (χ3v) is 8.02. The van der Waals surface area contributed by atoms with Crippen LogP contribution in [0.15, 0.2) is 65.3 Å². The third-order valence-electron chi connectivity index (χ3n) is 6.83. The van der Waals surface area contributed by atoms with Gasteiger partial charge in [0.15, 0.2) is 0 Å². The van der Waals surface area contributed by atoms with Crippen LogP contribution in [0.3, 0.4) is 0 Å². The molecule has 2 bridgehead atoms. The van der Waals surface area contributed by atoms with E-state index in [1.165, 1.54) is 36.4 Å². The number of carbonyl (C=O) groups is 2. The highest BCUT2D eigenvalue weighted by Crippen LogP contribution is 2.36. The normalized spacial score (nSPS) is 20.9. The zero-order valence-electron chi connectivity index (χ0n) is 18.9. The molecule has 4 aromatic rings. The lowest BCUT2D eigenvalue weighted by Gasteiger charge is -2.44. The van der Waals surface area contributed by atoms with Gasteiger partial charge in [0.1, 0.15) is 0 Å².